The number of aromatic nitrogens is 1. The van der Waals surface area contributed by atoms with Gasteiger partial charge in [-0.05, 0) is 102 Å². The molecule has 7 aromatic rings. The van der Waals surface area contributed by atoms with Gasteiger partial charge < -0.3 is 9.64 Å². The summed E-state index contributed by atoms with van der Waals surface area (Å²) in [5, 5.41) is 0. The standard InChI is InChI=1S/C63H68N3O/c1-58(2,3)41-26-24-38(25-27-41)40-30-31-64-53(32-40)48-35-43(60(7,8)9)34-47-45-22-19-23-52-55(45)66-57(65(52)51-29-28-42(59(4,5)6)33-46(51)39-20-17-16-18-21-39)49-36-44(61(10,11)12)37-50(62(13,14)15)56(49)67-63(64,66)54(47)48/h16-37,57H,1-15H3/q+1/i1D3,2D3,3D3,24D,25D,26D,27D,30D,31D,32D. The van der Waals surface area contributed by atoms with Crippen LogP contribution in [0.4, 0.5) is 17.1 Å². The maximum atomic E-state index is 10.5. The zero-order valence-electron chi connectivity index (χ0n) is 56.5. The molecule has 0 amide bonds. The van der Waals surface area contributed by atoms with E-state index in [1.54, 1.807) is 4.57 Å². The number of hydrogen-bond donors (Lipinski definition) is 0. The smallest absolute Gasteiger partial charge is 0.410 e. The Balaban J connectivity index is 1.32. The molecular weight excluding hydrogens is 815 g/mol. The van der Waals surface area contributed by atoms with Gasteiger partial charge in [0.1, 0.15) is 18.8 Å². The van der Waals surface area contributed by atoms with Gasteiger partial charge in [-0.15, -0.1) is 4.57 Å². The monoisotopic (exact) mass is 899 g/mol. The maximum absolute atomic E-state index is 10.5. The number of anilines is 3. The van der Waals surface area contributed by atoms with Crippen molar-refractivity contribution >= 4 is 17.1 Å². The number of para-hydroxylation sites is 1. The molecular formula is C63H68N3O+. The zero-order chi connectivity index (χ0) is 61.1. The Morgan fingerprint density at radius 1 is 0.552 bits per heavy atom. The molecule has 4 aliphatic heterocycles. The maximum Gasteiger partial charge on any atom is 0.432 e. The van der Waals surface area contributed by atoms with Crippen molar-refractivity contribution in [1.82, 2.24) is 0 Å². The summed E-state index contributed by atoms with van der Waals surface area (Å²) < 4.78 is 154. The largest absolute Gasteiger partial charge is 0.432 e. The van der Waals surface area contributed by atoms with Gasteiger partial charge in [-0.3, -0.25) is 0 Å². The number of fused-ring (bicyclic) bond motifs is 5. The van der Waals surface area contributed by atoms with Crippen LogP contribution >= 0.6 is 0 Å². The van der Waals surface area contributed by atoms with Crippen LogP contribution in [-0.2, 0) is 32.9 Å². The highest BCUT2D eigenvalue weighted by molar-refractivity contribution is 6.03. The summed E-state index contributed by atoms with van der Waals surface area (Å²) >= 11 is 0. The molecule has 11 rings (SSSR count). The van der Waals surface area contributed by atoms with Crippen LogP contribution in [0.1, 0.15) is 171 Å². The molecule has 0 saturated carbocycles. The highest BCUT2D eigenvalue weighted by atomic mass is 16.5. The first-order valence-corrected chi connectivity index (χ1v) is 23.2. The molecule has 0 N–H and O–H groups in total. The lowest BCUT2D eigenvalue weighted by Gasteiger charge is -2.49. The van der Waals surface area contributed by atoms with Crippen LogP contribution in [0.5, 0.6) is 5.75 Å². The Morgan fingerprint density at radius 2 is 1.21 bits per heavy atom. The summed E-state index contributed by atoms with van der Waals surface area (Å²) in [6, 6.07) is 25.6. The minimum Gasteiger partial charge on any atom is -0.410 e. The van der Waals surface area contributed by atoms with E-state index in [1.165, 1.54) is 0 Å². The van der Waals surface area contributed by atoms with Gasteiger partial charge >= 0.3 is 5.85 Å². The molecule has 340 valence electrons. The van der Waals surface area contributed by atoms with Crippen LogP contribution in [0.15, 0.2) is 133 Å². The van der Waals surface area contributed by atoms with Gasteiger partial charge in [0.2, 0.25) is 5.69 Å². The van der Waals surface area contributed by atoms with Gasteiger partial charge in [0.05, 0.1) is 30.9 Å². The van der Waals surface area contributed by atoms with E-state index in [-0.39, 0.29) is 16.5 Å². The summed E-state index contributed by atoms with van der Waals surface area (Å²) in [6.45, 7) is 13.9. The first-order valence-electron chi connectivity index (χ1n) is 31.2. The third-order valence-corrected chi connectivity index (χ3v) is 14.0. The predicted octanol–water partition coefficient (Wildman–Crippen LogP) is 16.2. The molecule has 0 bridgehead atoms. The summed E-state index contributed by atoms with van der Waals surface area (Å²) in [5.41, 5.74) is 3.58. The van der Waals surface area contributed by atoms with Gasteiger partial charge in [-0.1, -0.05) is 182 Å². The number of benzene rings is 6. The lowest BCUT2D eigenvalue weighted by molar-refractivity contribution is -0.774. The highest BCUT2D eigenvalue weighted by Gasteiger charge is 2.70. The molecule has 6 aromatic carbocycles. The van der Waals surface area contributed by atoms with Gasteiger partial charge in [-0.25, -0.2) is 4.90 Å². The minimum absolute atomic E-state index is 0.0456. The summed E-state index contributed by atoms with van der Waals surface area (Å²) in [6.07, 6.45) is -1.29. The number of rotatable bonds is 3. The van der Waals surface area contributed by atoms with Gasteiger partial charge in [-0.2, -0.15) is 0 Å². The van der Waals surface area contributed by atoms with Crippen molar-refractivity contribution in [3.63, 3.8) is 0 Å². The second-order valence-electron chi connectivity index (χ2n) is 22.9. The van der Waals surface area contributed by atoms with Crippen molar-refractivity contribution in [2.45, 2.75) is 143 Å². The van der Waals surface area contributed by atoms with Gasteiger partial charge in [0, 0.05) is 52.2 Å². The first kappa shape index (κ1) is 28.9. The van der Waals surface area contributed by atoms with E-state index < -0.39 is 108 Å². The molecule has 0 fully saturated rings. The predicted molar refractivity (Wildman–Crippen MR) is 280 cm³/mol. The fourth-order valence-corrected chi connectivity index (χ4v) is 10.4. The molecule has 0 radical (unpaired) electrons. The molecule has 4 nitrogen and oxygen atoms in total. The van der Waals surface area contributed by atoms with Gasteiger partial charge in [0.15, 0.2) is 6.17 Å². The molecule has 4 aliphatic rings. The van der Waals surface area contributed by atoms with Crippen LogP contribution in [0, 0.1) is 0 Å². The number of ether oxygens (including phenoxy) is 1. The molecule has 4 heteroatoms. The van der Waals surface area contributed by atoms with E-state index in [4.69, 9.17) is 17.1 Å². The Morgan fingerprint density at radius 3 is 1.87 bits per heavy atom. The summed E-state index contributed by atoms with van der Waals surface area (Å²) in [7, 11) is 0. The fraction of sp³-hybridized carbons (Fsp3) is 0.349. The lowest BCUT2D eigenvalue weighted by atomic mass is 9.77. The van der Waals surface area contributed by atoms with Crippen molar-refractivity contribution in [2.75, 3.05) is 9.80 Å². The van der Waals surface area contributed by atoms with Crippen LogP contribution in [0.3, 0.4) is 0 Å². The van der Waals surface area contributed by atoms with Crippen molar-refractivity contribution in [1.29, 1.82) is 0 Å². The van der Waals surface area contributed by atoms with E-state index in [1.807, 2.05) is 30.3 Å². The molecule has 67 heavy (non-hydrogen) atoms. The first-order chi connectivity index (χ1) is 38.1. The van der Waals surface area contributed by atoms with Crippen LogP contribution < -0.4 is 19.1 Å². The van der Waals surface area contributed by atoms with Crippen molar-refractivity contribution in [3.8, 4) is 50.4 Å². The summed E-state index contributed by atoms with van der Waals surface area (Å²) in [4.78, 5) is 4.54. The van der Waals surface area contributed by atoms with E-state index in [0.29, 0.717) is 16.9 Å². The van der Waals surface area contributed by atoms with Crippen molar-refractivity contribution in [3.05, 3.63) is 172 Å². The Hall–Kier alpha value is -6.13. The quantitative estimate of drug-likeness (QED) is 0.165. The molecule has 0 aliphatic carbocycles. The SMILES string of the molecule is [2H]c1c([2H])c(C(C([2H])([2H])[2H])(C([2H])([2H])[2H])C([2H])([2H])[2H])c([2H])c([2H])c1-c1c([2H])c([2H])[n+]2c(c1[2H])-c1cc(C(C)(C)C)cc3c1C21Oc2c(cc(C(C)(C)C)cc2C(C)(C)C)C2N(c4ccc(C(C)(C)C)cc4-c4ccccc4)c4cccc-3c4N21. The van der Waals surface area contributed by atoms with Crippen LogP contribution in [-0.4, -0.2) is 0 Å². The zero-order valence-corrected chi connectivity index (χ0v) is 40.5. The third-order valence-electron chi connectivity index (χ3n) is 14.0. The molecule has 1 aromatic heterocycles. The molecule has 5 heterocycles. The lowest BCUT2D eigenvalue weighted by Crippen LogP contribution is -2.71. The van der Waals surface area contributed by atoms with Crippen molar-refractivity contribution in [2.24, 2.45) is 0 Å². The Bertz CT molecular complexity index is 3880. The average Bonchev–Trinajstić information content (AvgIpc) is 1.53. The highest BCUT2D eigenvalue weighted by Crippen LogP contribution is 2.68. The summed E-state index contributed by atoms with van der Waals surface area (Å²) in [5.74, 6) is -1.36. The number of nitrogens with zero attached hydrogens (tertiary/aromatic N) is 3. The average molecular weight is 899 g/mol. The number of hydrogen-bond acceptors (Lipinski definition) is 3. The minimum atomic E-state index is -3.93. The second kappa shape index (κ2) is 14.0. The topological polar surface area (TPSA) is 19.6 Å². The normalized spacial score (nSPS) is 22.1. The molecule has 0 saturated heterocycles. The van der Waals surface area contributed by atoms with Crippen LogP contribution in [0.25, 0.3) is 44.6 Å². The Labute approximate surface area is 422 Å². The van der Waals surface area contributed by atoms with E-state index >= 15 is 0 Å². The molecule has 2 unspecified atom stereocenters. The third kappa shape index (κ3) is 6.41. The Kier molecular flexibility index (Phi) is 6.03. The van der Waals surface area contributed by atoms with E-state index in [2.05, 4.69) is 154 Å². The fourth-order valence-electron chi connectivity index (χ4n) is 10.4. The number of pyridine rings is 1. The van der Waals surface area contributed by atoms with Crippen LogP contribution in [0.2, 0.25) is 0 Å². The molecule has 1 spiro atoms. The van der Waals surface area contributed by atoms with Gasteiger partial charge in [0.25, 0.3) is 0 Å². The second-order valence-corrected chi connectivity index (χ2v) is 22.9. The van der Waals surface area contributed by atoms with E-state index in [9.17, 15) is 9.60 Å². The molecule has 2 atom stereocenters. The van der Waals surface area contributed by atoms with E-state index in [0.717, 1.165) is 67.1 Å². The van der Waals surface area contributed by atoms with Crippen molar-refractivity contribution < 1.29 is 31.2 Å².